The van der Waals surface area contributed by atoms with E-state index in [4.69, 9.17) is 9.47 Å². The first kappa shape index (κ1) is 17.8. The molecule has 26 heavy (non-hydrogen) atoms. The molecule has 0 fully saturated rings. The number of carbonyl (C=O) groups excluding carboxylic acids is 1. The number of hydrogen-bond acceptors (Lipinski definition) is 4. The predicted molar refractivity (Wildman–Crippen MR) is 99.6 cm³/mol. The molecule has 3 aromatic rings. The van der Waals surface area contributed by atoms with Gasteiger partial charge in [-0.25, -0.2) is 0 Å². The van der Waals surface area contributed by atoms with Crippen LogP contribution in [0.25, 0.3) is 10.9 Å². The highest BCUT2D eigenvalue weighted by molar-refractivity contribution is 5.85. The van der Waals surface area contributed by atoms with Crippen molar-refractivity contribution in [1.29, 1.82) is 0 Å². The summed E-state index contributed by atoms with van der Waals surface area (Å²) in [4.78, 5) is 14.4. The van der Waals surface area contributed by atoms with Gasteiger partial charge in [0.1, 0.15) is 19.0 Å². The van der Waals surface area contributed by atoms with Crippen molar-refractivity contribution in [3.8, 4) is 11.6 Å². The monoisotopic (exact) mass is 356 g/mol. The topological polar surface area (TPSA) is 81.2 Å². The molecule has 0 aliphatic rings. The number of carbonyl (C=O) groups is 1. The molecule has 2 heterocycles. The summed E-state index contributed by atoms with van der Waals surface area (Å²) in [5.41, 5.74) is 2.20. The molecule has 0 radical (unpaired) electrons. The Morgan fingerprint density at radius 2 is 2.12 bits per heavy atom. The molecule has 0 saturated heterocycles. The molecule has 0 aliphatic heterocycles. The summed E-state index contributed by atoms with van der Waals surface area (Å²) in [6.45, 7) is 5.08. The maximum atomic E-state index is 11.1. The van der Waals surface area contributed by atoms with E-state index in [1.165, 1.54) is 6.92 Å². The summed E-state index contributed by atoms with van der Waals surface area (Å²) >= 11 is 0. The Hall–Kier alpha value is -2.96. The molecular weight excluding hydrogens is 332 g/mol. The summed E-state index contributed by atoms with van der Waals surface area (Å²) in [7, 11) is 1.85. The molecule has 138 valence electrons. The van der Waals surface area contributed by atoms with Crippen LogP contribution in [0.15, 0.2) is 36.7 Å². The fourth-order valence-corrected chi connectivity index (χ4v) is 2.80. The first-order valence-electron chi connectivity index (χ1n) is 8.63. The van der Waals surface area contributed by atoms with Crippen LogP contribution >= 0.6 is 0 Å². The molecule has 1 aromatic carbocycles. The number of benzene rings is 1. The number of hydrogen-bond donors (Lipinski definition) is 2. The number of aromatic nitrogens is 3. The van der Waals surface area contributed by atoms with Crippen LogP contribution in [-0.2, 0) is 11.8 Å². The van der Waals surface area contributed by atoms with Gasteiger partial charge in [0.2, 0.25) is 11.8 Å². The number of fused-ring (bicyclic) bond motifs is 1. The zero-order valence-corrected chi connectivity index (χ0v) is 15.3. The smallest absolute Gasteiger partial charge is 0.232 e. The summed E-state index contributed by atoms with van der Waals surface area (Å²) < 4.78 is 13.0. The van der Waals surface area contributed by atoms with Crippen molar-refractivity contribution in [3.63, 3.8) is 0 Å². The molecule has 1 amide bonds. The number of nitrogens with one attached hydrogen (secondary N) is 2. The summed E-state index contributed by atoms with van der Waals surface area (Å²) in [6, 6.07) is 7.77. The van der Waals surface area contributed by atoms with Gasteiger partial charge >= 0.3 is 0 Å². The van der Waals surface area contributed by atoms with Crippen LogP contribution in [-0.4, -0.2) is 40.4 Å². The fourth-order valence-electron chi connectivity index (χ4n) is 2.80. The Balaban J connectivity index is 1.60. The van der Waals surface area contributed by atoms with Crippen molar-refractivity contribution in [1.82, 2.24) is 20.1 Å². The molecule has 0 aliphatic carbocycles. The Labute approximate surface area is 152 Å². The van der Waals surface area contributed by atoms with Crippen LogP contribution in [0.1, 0.15) is 25.3 Å². The molecule has 0 spiro atoms. The quantitative estimate of drug-likeness (QED) is 0.608. The zero-order valence-electron chi connectivity index (χ0n) is 15.3. The van der Waals surface area contributed by atoms with Gasteiger partial charge in [0.15, 0.2) is 0 Å². The Kier molecular flexibility index (Phi) is 5.46. The van der Waals surface area contributed by atoms with Crippen molar-refractivity contribution in [2.75, 3.05) is 19.8 Å². The summed E-state index contributed by atoms with van der Waals surface area (Å²) in [5, 5.41) is 8.12. The standard InChI is InChI=1S/C19H24N4O3/c1-13(11-20-14(2)24)17-12-21-18-5-4-15(10-16(17)18)25-8-9-26-19-6-7-23(3)22-19/h4-7,10,12-13,21H,8-9,11H2,1-3H3,(H,20,24). The van der Waals surface area contributed by atoms with Crippen LogP contribution < -0.4 is 14.8 Å². The average molecular weight is 356 g/mol. The van der Waals surface area contributed by atoms with Crippen molar-refractivity contribution in [2.24, 2.45) is 7.05 Å². The van der Waals surface area contributed by atoms with Crippen molar-refractivity contribution in [2.45, 2.75) is 19.8 Å². The number of aryl methyl sites for hydroxylation is 1. The molecule has 1 atom stereocenters. The summed E-state index contributed by atoms with van der Waals surface area (Å²) in [6.07, 6.45) is 3.82. The van der Waals surface area contributed by atoms with E-state index < -0.39 is 0 Å². The zero-order chi connectivity index (χ0) is 18.5. The normalized spacial score (nSPS) is 12.1. The predicted octanol–water partition coefficient (Wildman–Crippen LogP) is 2.60. The van der Waals surface area contributed by atoms with E-state index in [1.807, 2.05) is 43.7 Å². The third-order valence-electron chi connectivity index (χ3n) is 4.16. The third kappa shape index (κ3) is 4.36. The molecule has 0 saturated carbocycles. The fraction of sp³-hybridized carbons (Fsp3) is 0.368. The van der Waals surface area contributed by atoms with Crippen molar-refractivity contribution >= 4 is 16.8 Å². The van der Waals surface area contributed by atoms with E-state index in [9.17, 15) is 4.79 Å². The number of ether oxygens (including phenoxy) is 2. The van der Waals surface area contributed by atoms with Gasteiger partial charge in [-0.1, -0.05) is 6.92 Å². The van der Waals surface area contributed by atoms with E-state index in [2.05, 4.69) is 22.3 Å². The number of aromatic amines is 1. The highest BCUT2D eigenvalue weighted by atomic mass is 16.5. The number of nitrogens with zero attached hydrogens (tertiary/aromatic N) is 2. The van der Waals surface area contributed by atoms with Crippen LogP contribution in [0.4, 0.5) is 0 Å². The van der Waals surface area contributed by atoms with E-state index in [-0.39, 0.29) is 11.8 Å². The molecule has 7 nitrogen and oxygen atoms in total. The SMILES string of the molecule is CC(=O)NCC(C)c1c[nH]c2ccc(OCCOc3ccn(C)n3)cc12. The first-order chi connectivity index (χ1) is 12.5. The lowest BCUT2D eigenvalue weighted by Gasteiger charge is -2.12. The second-order valence-electron chi connectivity index (χ2n) is 6.31. The highest BCUT2D eigenvalue weighted by Crippen LogP contribution is 2.28. The van der Waals surface area contributed by atoms with Crippen LogP contribution in [0.3, 0.4) is 0 Å². The van der Waals surface area contributed by atoms with E-state index >= 15 is 0 Å². The Morgan fingerprint density at radius 1 is 1.31 bits per heavy atom. The van der Waals surface area contributed by atoms with Crippen LogP contribution in [0.5, 0.6) is 11.6 Å². The molecular formula is C19H24N4O3. The van der Waals surface area contributed by atoms with Crippen molar-refractivity contribution < 1.29 is 14.3 Å². The minimum atomic E-state index is -0.0198. The maximum absolute atomic E-state index is 11.1. The molecule has 7 heteroatoms. The third-order valence-corrected chi connectivity index (χ3v) is 4.16. The number of H-pyrrole nitrogens is 1. The minimum absolute atomic E-state index is 0.0198. The second-order valence-corrected chi connectivity index (χ2v) is 6.31. The molecule has 3 rings (SSSR count). The van der Waals surface area contributed by atoms with Gasteiger partial charge in [0.25, 0.3) is 0 Å². The molecule has 2 aromatic heterocycles. The van der Waals surface area contributed by atoms with Gasteiger partial charge in [0, 0.05) is 55.8 Å². The molecule has 0 bridgehead atoms. The number of amides is 1. The lowest BCUT2D eigenvalue weighted by atomic mass is 10.0. The van der Waals surface area contributed by atoms with E-state index in [0.29, 0.717) is 25.6 Å². The maximum Gasteiger partial charge on any atom is 0.232 e. The molecule has 1 unspecified atom stereocenters. The van der Waals surface area contributed by atoms with Crippen molar-refractivity contribution in [3.05, 3.63) is 42.2 Å². The Morgan fingerprint density at radius 3 is 2.85 bits per heavy atom. The van der Waals surface area contributed by atoms with Gasteiger partial charge in [-0.3, -0.25) is 9.48 Å². The van der Waals surface area contributed by atoms with E-state index in [0.717, 1.165) is 22.2 Å². The highest BCUT2D eigenvalue weighted by Gasteiger charge is 2.12. The lowest BCUT2D eigenvalue weighted by molar-refractivity contribution is -0.119. The Bertz CT molecular complexity index is 884. The van der Waals surface area contributed by atoms with Gasteiger partial charge in [-0.15, -0.1) is 5.10 Å². The summed E-state index contributed by atoms with van der Waals surface area (Å²) in [5.74, 6) is 1.56. The first-order valence-corrected chi connectivity index (χ1v) is 8.63. The van der Waals surface area contributed by atoms with Gasteiger partial charge in [-0.05, 0) is 23.8 Å². The van der Waals surface area contributed by atoms with Crippen LogP contribution in [0, 0.1) is 0 Å². The van der Waals surface area contributed by atoms with Crippen LogP contribution in [0.2, 0.25) is 0 Å². The number of rotatable bonds is 8. The van der Waals surface area contributed by atoms with Gasteiger partial charge in [0.05, 0.1) is 0 Å². The lowest BCUT2D eigenvalue weighted by Crippen LogP contribution is -2.24. The van der Waals surface area contributed by atoms with Gasteiger partial charge < -0.3 is 19.8 Å². The molecule has 2 N–H and O–H groups in total. The van der Waals surface area contributed by atoms with Gasteiger partial charge in [-0.2, -0.15) is 0 Å². The minimum Gasteiger partial charge on any atom is -0.490 e. The average Bonchev–Trinajstić information content (AvgIpc) is 3.22. The van der Waals surface area contributed by atoms with E-state index in [1.54, 1.807) is 4.68 Å². The second kappa shape index (κ2) is 7.95. The largest absolute Gasteiger partial charge is 0.490 e.